The van der Waals surface area contributed by atoms with E-state index < -0.39 is 64.3 Å². The van der Waals surface area contributed by atoms with Gasteiger partial charge in [0.15, 0.2) is 11.4 Å². The molecule has 3 aliphatic carbocycles. The Labute approximate surface area is 184 Å². The molecule has 32 heavy (non-hydrogen) atoms. The first-order valence-corrected chi connectivity index (χ1v) is 10.3. The van der Waals surface area contributed by atoms with Crippen LogP contribution in [0.3, 0.4) is 0 Å². The average molecular weight is 442 g/mol. The number of nitrogens with zero attached hydrogens (tertiary/aromatic N) is 1. The number of likely N-dealkylation sites (N-methyl/N-ethyl adjacent to an activating group) is 1. The van der Waals surface area contributed by atoms with Gasteiger partial charge in [0.05, 0.1) is 17.2 Å². The van der Waals surface area contributed by atoms with E-state index in [1.54, 1.807) is 38.1 Å². The Morgan fingerprint density at radius 2 is 1.81 bits per heavy atom. The van der Waals surface area contributed by atoms with Gasteiger partial charge in [0.1, 0.15) is 11.5 Å². The van der Waals surface area contributed by atoms with E-state index in [0.717, 1.165) is 0 Å². The maximum absolute atomic E-state index is 13.4. The number of hydrogen-bond donors (Lipinski definition) is 5. The standard InChI is InChI=1S/C23H26N2O7/c1-8-10-6-5-7-11(26)14(10)18(27)15-12(8)19(28)16-17(25(3)4)9(2)13(22(24)31)20(29)23(16,32)21(15)30/h5-8,12,16-17,19,26,28,30,32H,1-4H3,(H2,24,31)/t8-,12+,16+,17+,19-,23+/m0/s1. The van der Waals surface area contributed by atoms with Gasteiger partial charge < -0.3 is 31.1 Å². The number of amides is 1. The van der Waals surface area contributed by atoms with E-state index in [0.29, 0.717) is 5.56 Å². The summed E-state index contributed by atoms with van der Waals surface area (Å²) in [6, 6.07) is 3.73. The summed E-state index contributed by atoms with van der Waals surface area (Å²) < 4.78 is 0. The fourth-order valence-corrected chi connectivity index (χ4v) is 5.96. The predicted octanol–water partition coefficient (Wildman–Crippen LogP) is 0.157. The number of hydrogen-bond acceptors (Lipinski definition) is 8. The number of phenols is 1. The first-order valence-electron chi connectivity index (χ1n) is 10.3. The minimum atomic E-state index is -2.73. The first kappa shape index (κ1) is 22.2. The van der Waals surface area contributed by atoms with Crippen molar-refractivity contribution in [2.75, 3.05) is 14.1 Å². The molecular weight excluding hydrogens is 416 g/mol. The molecule has 0 saturated carbocycles. The van der Waals surface area contributed by atoms with Crippen LogP contribution < -0.4 is 5.73 Å². The molecular formula is C23H26N2O7. The van der Waals surface area contributed by atoms with E-state index in [-0.39, 0.29) is 22.5 Å². The fourth-order valence-electron chi connectivity index (χ4n) is 5.96. The molecule has 0 fully saturated rings. The van der Waals surface area contributed by atoms with Gasteiger partial charge in [-0.1, -0.05) is 19.1 Å². The van der Waals surface area contributed by atoms with Gasteiger partial charge in [-0.2, -0.15) is 0 Å². The van der Waals surface area contributed by atoms with Gasteiger partial charge >= 0.3 is 0 Å². The molecule has 4 rings (SSSR count). The minimum absolute atomic E-state index is 0.0543. The van der Waals surface area contributed by atoms with Crippen molar-refractivity contribution in [3.63, 3.8) is 0 Å². The van der Waals surface area contributed by atoms with Crippen LogP contribution in [0.2, 0.25) is 0 Å². The number of Topliss-reactive ketones (excluding diaryl/α,β-unsaturated/α-hetero) is 2. The zero-order valence-electron chi connectivity index (χ0n) is 18.2. The number of aliphatic hydroxyl groups is 3. The third-order valence-corrected chi connectivity index (χ3v) is 7.30. The second-order valence-corrected chi connectivity index (χ2v) is 9.09. The summed E-state index contributed by atoms with van der Waals surface area (Å²) in [7, 11) is 3.30. The molecule has 0 heterocycles. The molecule has 1 aromatic carbocycles. The average Bonchev–Trinajstić information content (AvgIpc) is 2.70. The Balaban J connectivity index is 2.06. The SMILES string of the molecule is CC1=C(C(N)=O)C(=O)[C@@]2(O)C(O)=C3C(=O)c4c(O)cccc4[C@H](C)[C@H]3[C@H](O)[C@H]2[C@@H]1N(C)C. The molecule has 9 heteroatoms. The van der Waals surface area contributed by atoms with Crippen LogP contribution in [-0.4, -0.2) is 74.6 Å². The topological polar surface area (TPSA) is 161 Å². The number of phenolic OH excluding ortho intramolecular Hbond substituents is 1. The lowest BCUT2D eigenvalue weighted by atomic mass is 9.54. The highest BCUT2D eigenvalue weighted by Gasteiger charge is 2.66. The van der Waals surface area contributed by atoms with E-state index >= 15 is 0 Å². The van der Waals surface area contributed by atoms with Crippen molar-refractivity contribution >= 4 is 17.5 Å². The lowest BCUT2D eigenvalue weighted by molar-refractivity contribution is -0.159. The molecule has 0 saturated heterocycles. The van der Waals surface area contributed by atoms with Crippen molar-refractivity contribution in [1.82, 2.24) is 4.90 Å². The lowest BCUT2D eigenvalue weighted by Gasteiger charge is -2.54. The van der Waals surface area contributed by atoms with Gasteiger partial charge in [-0.15, -0.1) is 0 Å². The smallest absolute Gasteiger partial charge is 0.252 e. The number of rotatable bonds is 2. The second kappa shape index (κ2) is 6.99. The highest BCUT2D eigenvalue weighted by atomic mass is 16.4. The van der Waals surface area contributed by atoms with E-state index in [1.165, 1.54) is 13.0 Å². The van der Waals surface area contributed by atoms with Crippen LogP contribution in [0.1, 0.15) is 35.7 Å². The summed E-state index contributed by atoms with van der Waals surface area (Å²) in [5, 5.41) is 44.7. The number of ketones is 2. The fraction of sp³-hybridized carbons (Fsp3) is 0.435. The molecule has 170 valence electrons. The Morgan fingerprint density at radius 3 is 2.38 bits per heavy atom. The molecule has 0 spiro atoms. The summed E-state index contributed by atoms with van der Waals surface area (Å²) in [4.78, 5) is 40.4. The summed E-state index contributed by atoms with van der Waals surface area (Å²) in [5.41, 5.74) is 2.59. The highest BCUT2D eigenvalue weighted by molar-refractivity contribution is 6.25. The largest absolute Gasteiger partial charge is 0.508 e. The van der Waals surface area contributed by atoms with E-state index in [2.05, 4.69) is 0 Å². The molecule has 0 aromatic heterocycles. The van der Waals surface area contributed by atoms with Crippen LogP contribution in [0.15, 0.2) is 40.7 Å². The predicted molar refractivity (Wildman–Crippen MR) is 113 cm³/mol. The van der Waals surface area contributed by atoms with Crippen LogP contribution in [-0.2, 0) is 9.59 Å². The van der Waals surface area contributed by atoms with E-state index in [9.17, 15) is 34.8 Å². The maximum atomic E-state index is 13.4. The van der Waals surface area contributed by atoms with Gasteiger partial charge in [0, 0.05) is 23.5 Å². The quantitative estimate of drug-likeness (QED) is 0.405. The molecule has 3 aliphatic rings. The minimum Gasteiger partial charge on any atom is -0.508 e. The van der Waals surface area contributed by atoms with Crippen LogP contribution >= 0.6 is 0 Å². The maximum Gasteiger partial charge on any atom is 0.252 e. The number of nitrogens with two attached hydrogens (primary N) is 1. The second-order valence-electron chi connectivity index (χ2n) is 9.09. The Kier molecular flexibility index (Phi) is 4.85. The number of carbonyl (C=O) groups is 3. The van der Waals surface area contributed by atoms with Crippen molar-refractivity contribution in [3.8, 4) is 5.75 Å². The van der Waals surface area contributed by atoms with Crippen LogP contribution in [0, 0.1) is 11.8 Å². The molecule has 0 aliphatic heterocycles. The van der Waals surface area contributed by atoms with Crippen LogP contribution in [0.4, 0.5) is 0 Å². The molecule has 9 nitrogen and oxygen atoms in total. The highest BCUT2D eigenvalue weighted by Crippen LogP contribution is 2.55. The number of primary amides is 1. The molecule has 6 atom stereocenters. The van der Waals surface area contributed by atoms with Crippen molar-refractivity contribution in [3.05, 3.63) is 51.8 Å². The van der Waals surface area contributed by atoms with Gasteiger partial charge in [0.2, 0.25) is 5.78 Å². The number of aliphatic hydroxyl groups excluding tert-OH is 2. The summed E-state index contributed by atoms with van der Waals surface area (Å²) in [5.74, 6) is -6.97. The summed E-state index contributed by atoms with van der Waals surface area (Å²) >= 11 is 0. The molecule has 6 N–H and O–H groups in total. The van der Waals surface area contributed by atoms with Gasteiger partial charge in [0.25, 0.3) is 5.91 Å². The number of carbonyl (C=O) groups excluding carboxylic acids is 3. The van der Waals surface area contributed by atoms with Crippen molar-refractivity contribution < 1.29 is 34.8 Å². The summed E-state index contributed by atoms with van der Waals surface area (Å²) in [6.45, 7) is 3.26. The Bertz CT molecular complexity index is 1140. The lowest BCUT2D eigenvalue weighted by Crippen LogP contribution is -2.68. The summed E-state index contributed by atoms with van der Waals surface area (Å²) in [6.07, 6.45) is -1.43. The monoisotopic (exact) mass is 442 g/mol. The first-order chi connectivity index (χ1) is 14.9. The van der Waals surface area contributed by atoms with Crippen molar-refractivity contribution in [2.24, 2.45) is 17.6 Å². The van der Waals surface area contributed by atoms with Gasteiger partial charge in [-0.25, -0.2) is 0 Å². The normalized spacial score (nSPS) is 34.4. The van der Waals surface area contributed by atoms with E-state index in [1.807, 2.05) is 0 Å². The molecule has 0 unspecified atom stereocenters. The van der Waals surface area contributed by atoms with Crippen molar-refractivity contribution in [2.45, 2.75) is 37.5 Å². The number of fused-ring (bicyclic) bond motifs is 3. The molecule has 0 bridgehead atoms. The Morgan fingerprint density at radius 1 is 1.19 bits per heavy atom. The van der Waals surface area contributed by atoms with Crippen molar-refractivity contribution in [1.29, 1.82) is 0 Å². The zero-order chi connectivity index (χ0) is 23.9. The molecule has 0 radical (unpaired) electrons. The van der Waals surface area contributed by atoms with Crippen LogP contribution in [0.5, 0.6) is 5.75 Å². The van der Waals surface area contributed by atoms with Gasteiger partial charge in [-0.3, -0.25) is 14.4 Å². The third kappa shape index (κ3) is 2.52. The van der Waals surface area contributed by atoms with Gasteiger partial charge in [-0.05, 0) is 44.1 Å². The molecule has 1 amide bonds. The number of benzene rings is 1. The Hall–Kier alpha value is -3.01. The van der Waals surface area contributed by atoms with Crippen LogP contribution in [0.25, 0.3) is 0 Å². The number of aromatic hydroxyl groups is 1. The third-order valence-electron chi connectivity index (χ3n) is 7.30. The van der Waals surface area contributed by atoms with E-state index in [4.69, 9.17) is 5.73 Å². The zero-order valence-corrected chi connectivity index (χ0v) is 18.2. The molecule has 1 aromatic rings.